The average molecular weight is 357 g/mol. The van der Waals surface area contributed by atoms with E-state index >= 15 is 0 Å². The van der Waals surface area contributed by atoms with Crippen LogP contribution < -0.4 is 9.47 Å². The smallest absolute Gasteiger partial charge is 0.305 e. The number of rotatable bonds is 6. The molecule has 0 radical (unpaired) electrons. The van der Waals surface area contributed by atoms with E-state index in [-0.39, 0.29) is 12.3 Å². The second kappa shape index (κ2) is 7.09. The second-order valence-corrected chi connectivity index (χ2v) is 5.25. The van der Waals surface area contributed by atoms with Crippen LogP contribution >= 0.6 is 0 Å². The summed E-state index contributed by atoms with van der Waals surface area (Å²) < 4.78 is 24.7. The van der Waals surface area contributed by atoms with Crippen LogP contribution in [0.1, 0.15) is 5.56 Å². The van der Waals surface area contributed by atoms with Crippen LogP contribution in [0.3, 0.4) is 0 Å². The summed E-state index contributed by atoms with van der Waals surface area (Å²) in [6.07, 6.45) is 1.50. The van der Waals surface area contributed by atoms with Gasteiger partial charge in [0.1, 0.15) is 23.8 Å². The van der Waals surface area contributed by atoms with Gasteiger partial charge in [-0.25, -0.2) is 0 Å². The minimum atomic E-state index is -1.00. The quantitative estimate of drug-likeness (QED) is 0.369. The number of pyridine rings is 1. The van der Waals surface area contributed by atoms with E-state index in [1.807, 2.05) is 0 Å². The highest BCUT2D eigenvalue weighted by molar-refractivity contribution is 5.87. The molecule has 3 rings (SSSR count). The summed E-state index contributed by atoms with van der Waals surface area (Å²) in [5.74, 6) is -0.106. The first-order valence-corrected chi connectivity index (χ1v) is 7.40. The molecular formula is C17H12FN3O5. The molecule has 8 nitrogen and oxygen atoms in total. The zero-order valence-corrected chi connectivity index (χ0v) is 13.5. The number of fused-ring (bicyclic) bond motifs is 1. The number of ether oxygens (including phenoxy) is 2. The van der Waals surface area contributed by atoms with Crippen molar-refractivity contribution in [1.82, 2.24) is 4.98 Å². The molecule has 0 N–H and O–H groups in total. The Morgan fingerprint density at radius 1 is 1.23 bits per heavy atom. The van der Waals surface area contributed by atoms with Gasteiger partial charge in [0.25, 0.3) is 0 Å². The van der Waals surface area contributed by atoms with Crippen molar-refractivity contribution < 1.29 is 18.8 Å². The normalized spacial score (nSPS) is 10.5. The lowest BCUT2D eigenvalue weighted by Crippen LogP contribution is -1.95. The van der Waals surface area contributed by atoms with Gasteiger partial charge in [0, 0.05) is 35.3 Å². The van der Waals surface area contributed by atoms with E-state index in [2.05, 4.69) is 10.2 Å². The van der Waals surface area contributed by atoms with Crippen LogP contribution in [-0.4, -0.2) is 17.0 Å². The van der Waals surface area contributed by atoms with Gasteiger partial charge in [-0.05, 0) is 18.2 Å². The summed E-state index contributed by atoms with van der Waals surface area (Å²) in [5, 5.41) is 14.1. The lowest BCUT2D eigenvalue weighted by molar-refractivity contribution is -0.387. The average Bonchev–Trinajstić information content (AvgIpc) is 2.61. The third-order valence-electron chi connectivity index (χ3n) is 3.68. The van der Waals surface area contributed by atoms with Crippen LogP contribution in [0.2, 0.25) is 0 Å². The van der Waals surface area contributed by atoms with Gasteiger partial charge < -0.3 is 9.47 Å². The molecule has 132 valence electrons. The van der Waals surface area contributed by atoms with Crippen molar-refractivity contribution in [3.05, 3.63) is 69.0 Å². The number of hydrogen-bond donors (Lipinski definition) is 0. The first-order chi connectivity index (χ1) is 12.5. The van der Waals surface area contributed by atoms with Crippen molar-refractivity contribution in [2.75, 3.05) is 7.11 Å². The minimum absolute atomic E-state index is 0.0893. The highest BCUT2D eigenvalue weighted by atomic mass is 19.1. The molecule has 0 bridgehead atoms. The summed E-state index contributed by atoms with van der Waals surface area (Å²) in [5.41, 5.74) is 0.445. The van der Waals surface area contributed by atoms with E-state index in [0.29, 0.717) is 28.0 Å². The SMILES string of the molecule is COc1cc2nccc(Oc3ccc([N+](=O)[O-])c(F)c3)c2cc1CN=O. The van der Waals surface area contributed by atoms with Gasteiger partial charge in [-0.2, -0.15) is 9.30 Å². The number of nitrogens with zero attached hydrogens (tertiary/aromatic N) is 3. The topological polar surface area (TPSA) is 104 Å². The van der Waals surface area contributed by atoms with Crippen LogP contribution in [-0.2, 0) is 6.54 Å². The Hall–Kier alpha value is -3.62. The minimum Gasteiger partial charge on any atom is -0.496 e. The third-order valence-corrected chi connectivity index (χ3v) is 3.68. The molecule has 0 amide bonds. The number of nitroso groups, excluding NO2 is 1. The Labute approximate surface area is 146 Å². The lowest BCUT2D eigenvalue weighted by atomic mass is 10.1. The summed E-state index contributed by atoms with van der Waals surface area (Å²) in [6, 6.07) is 8.11. The molecule has 0 saturated heterocycles. The number of halogens is 1. The molecule has 3 aromatic rings. The van der Waals surface area contributed by atoms with Gasteiger partial charge >= 0.3 is 5.69 Å². The van der Waals surface area contributed by atoms with Crippen LogP contribution in [0, 0.1) is 20.8 Å². The van der Waals surface area contributed by atoms with Crippen molar-refractivity contribution in [3.63, 3.8) is 0 Å². The van der Waals surface area contributed by atoms with Crippen molar-refractivity contribution in [1.29, 1.82) is 0 Å². The predicted molar refractivity (Wildman–Crippen MR) is 90.9 cm³/mol. The van der Waals surface area contributed by atoms with E-state index in [1.165, 1.54) is 19.4 Å². The molecule has 1 aromatic heterocycles. The molecule has 0 saturated carbocycles. The number of aromatic nitrogens is 1. The fourth-order valence-corrected chi connectivity index (χ4v) is 2.49. The molecular weight excluding hydrogens is 345 g/mol. The van der Waals surface area contributed by atoms with Crippen LogP contribution in [0.15, 0.2) is 47.8 Å². The van der Waals surface area contributed by atoms with Crippen molar-refractivity contribution >= 4 is 16.6 Å². The van der Waals surface area contributed by atoms with Crippen LogP contribution in [0.4, 0.5) is 10.1 Å². The Balaban J connectivity index is 2.05. The van der Waals surface area contributed by atoms with Gasteiger partial charge in [0.15, 0.2) is 0 Å². The van der Waals surface area contributed by atoms with E-state index in [1.54, 1.807) is 18.2 Å². The molecule has 0 aliphatic rings. The van der Waals surface area contributed by atoms with Crippen molar-refractivity contribution in [3.8, 4) is 17.2 Å². The largest absolute Gasteiger partial charge is 0.496 e. The molecule has 0 fully saturated rings. The number of nitro groups is 1. The third kappa shape index (κ3) is 3.27. The predicted octanol–water partition coefficient (Wildman–Crippen LogP) is 4.35. The number of nitro benzene ring substituents is 1. The van der Waals surface area contributed by atoms with E-state index in [9.17, 15) is 19.4 Å². The maximum Gasteiger partial charge on any atom is 0.305 e. The zero-order valence-electron chi connectivity index (χ0n) is 13.5. The van der Waals surface area contributed by atoms with Gasteiger partial charge in [-0.15, -0.1) is 0 Å². The molecule has 0 unspecified atom stereocenters. The standard InChI is InChI=1S/C17H12FN3O5/c1-25-17-8-14-12(6-10(17)9-20-22)16(4-5-19-14)26-11-2-3-15(21(23)24)13(18)7-11/h2-8H,9H2,1H3. The second-order valence-electron chi connectivity index (χ2n) is 5.25. The molecule has 9 heteroatoms. The fraction of sp³-hybridized carbons (Fsp3) is 0.118. The summed E-state index contributed by atoms with van der Waals surface area (Å²) in [6.45, 7) is -0.0976. The van der Waals surface area contributed by atoms with Crippen LogP contribution in [0.5, 0.6) is 17.2 Å². The van der Waals surface area contributed by atoms with Gasteiger partial charge in [-0.1, -0.05) is 5.18 Å². The summed E-state index contributed by atoms with van der Waals surface area (Å²) in [4.78, 5) is 24.7. The van der Waals surface area contributed by atoms with Gasteiger partial charge in [-0.3, -0.25) is 15.1 Å². The number of hydrogen-bond acceptors (Lipinski definition) is 7. The summed E-state index contributed by atoms with van der Waals surface area (Å²) in [7, 11) is 1.47. The Morgan fingerprint density at radius 2 is 2.04 bits per heavy atom. The zero-order chi connectivity index (χ0) is 18.7. The number of methoxy groups -OCH3 is 1. The van der Waals surface area contributed by atoms with E-state index in [4.69, 9.17) is 9.47 Å². The lowest BCUT2D eigenvalue weighted by Gasteiger charge is -2.12. The van der Waals surface area contributed by atoms with Crippen molar-refractivity contribution in [2.24, 2.45) is 5.18 Å². The highest BCUT2D eigenvalue weighted by Gasteiger charge is 2.16. The highest BCUT2D eigenvalue weighted by Crippen LogP contribution is 2.34. The van der Waals surface area contributed by atoms with Gasteiger partial charge in [0.05, 0.1) is 17.5 Å². The molecule has 0 aliphatic heterocycles. The fourth-order valence-electron chi connectivity index (χ4n) is 2.49. The maximum atomic E-state index is 13.8. The molecule has 0 spiro atoms. The molecule has 2 aromatic carbocycles. The maximum absolute atomic E-state index is 13.8. The molecule has 0 aliphatic carbocycles. The van der Waals surface area contributed by atoms with Gasteiger partial charge in [0.2, 0.25) is 5.82 Å². The Bertz CT molecular complexity index is 1010. The molecule has 26 heavy (non-hydrogen) atoms. The summed E-state index contributed by atoms with van der Waals surface area (Å²) >= 11 is 0. The first kappa shape index (κ1) is 17.2. The van der Waals surface area contributed by atoms with Crippen LogP contribution in [0.25, 0.3) is 10.9 Å². The Morgan fingerprint density at radius 3 is 2.69 bits per heavy atom. The Kier molecular flexibility index (Phi) is 4.70. The van der Waals surface area contributed by atoms with Crippen molar-refractivity contribution in [2.45, 2.75) is 6.54 Å². The van der Waals surface area contributed by atoms with E-state index < -0.39 is 16.4 Å². The first-order valence-electron chi connectivity index (χ1n) is 7.40. The van der Waals surface area contributed by atoms with E-state index in [0.717, 1.165) is 12.1 Å². The molecule has 0 atom stereocenters. The molecule has 1 heterocycles. The monoisotopic (exact) mass is 357 g/mol. The number of benzene rings is 2.